The molecule has 0 saturated carbocycles. The van der Waals surface area contributed by atoms with Gasteiger partial charge in [0.1, 0.15) is 5.75 Å². The lowest BCUT2D eigenvalue weighted by atomic mass is 10.2. The van der Waals surface area contributed by atoms with Gasteiger partial charge in [-0.3, -0.25) is 4.79 Å². The van der Waals surface area contributed by atoms with Crippen LogP contribution in [0, 0.1) is 0 Å². The molecular formula is C14H21ClN2O2. The fourth-order valence-electron chi connectivity index (χ4n) is 1.65. The SMILES string of the molecule is CCCCN(C)CCC(=O)Nc1cc(Cl)ccc1O. The van der Waals surface area contributed by atoms with Crippen LogP contribution in [-0.2, 0) is 4.79 Å². The van der Waals surface area contributed by atoms with E-state index in [-0.39, 0.29) is 11.7 Å². The molecule has 0 radical (unpaired) electrons. The zero-order valence-electron chi connectivity index (χ0n) is 11.4. The summed E-state index contributed by atoms with van der Waals surface area (Å²) in [6.45, 7) is 3.84. The molecule has 0 aliphatic heterocycles. The van der Waals surface area contributed by atoms with Gasteiger partial charge in [-0.2, -0.15) is 0 Å². The third-order valence-corrected chi connectivity index (χ3v) is 3.08. The van der Waals surface area contributed by atoms with Crippen molar-refractivity contribution in [2.45, 2.75) is 26.2 Å². The summed E-state index contributed by atoms with van der Waals surface area (Å²) < 4.78 is 0. The van der Waals surface area contributed by atoms with Crippen molar-refractivity contribution in [3.8, 4) is 5.75 Å². The minimum Gasteiger partial charge on any atom is -0.506 e. The maximum Gasteiger partial charge on any atom is 0.225 e. The van der Waals surface area contributed by atoms with Crippen LogP contribution in [0.4, 0.5) is 5.69 Å². The van der Waals surface area contributed by atoms with Gasteiger partial charge < -0.3 is 15.3 Å². The van der Waals surface area contributed by atoms with E-state index in [0.717, 1.165) is 19.4 Å². The zero-order valence-corrected chi connectivity index (χ0v) is 12.2. The molecule has 1 rings (SSSR count). The van der Waals surface area contributed by atoms with E-state index >= 15 is 0 Å². The monoisotopic (exact) mass is 284 g/mol. The number of halogens is 1. The summed E-state index contributed by atoms with van der Waals surface area (Å²) in [5.41, 5.74) is 0.355. The van der Waals surface area contributed by atoms with Gasteiger partial charge in [0.2, 0.25) is 5.91 Å². The molecule has 0 bridgehead atoms. The molecule has 0 fully saturated rings. The zero-order chi connectivity index (χ0) is 14.3. The summed E-state index contributed by atoms with van der Waals surface area (Å²) in [5, 5.41) is 12.7. The van der Waals surface area contributed by atoms with Gasteiger partial charge in [0.05, 0.1) is 5.69 Å². The van der Waals surface area contributed by atoms with Crippen LogP contribution >= 0.6 is 11.6 Å². The van der Waals surface area contributed by atoms with Crippen molar-refractivity contribution in [2.75, 3.05) is 25.5 Å². The van der Waals surface area contributed by atoms with E-state index in [1.165, 1.54) is 12.1 Å². The molecular weight excluding hydrogens is 264 g/mol. The number of aromatic hydroxyl groups is 1. The molecule has 106 valence electrons. The maximum atomic E-state index is 11.8. The molecule has 2 N–H and O–H groups in total. The number of anilines is 1. The minimum atomic E-state index is -0.124. The molecule has 0 aliphatic rings. The topological polar surface area (TPSA) is 52.6 Å². The lowest BCUT2D eigenvalue weighted by Crippen LogP contribution is -2.25. The van der Waals surface area contributed by atoms with Crippen LogP contribution in [0.2, 0.25) is 5.02 Å². The van der Waals surface area contributed by atoms with Gasteiger partial charge in [-0.25, -0.2) is 0 Å². The second kappa shape index (κ2) is 8.02. The van der Waals surface area contributed by atoms with Crippen LogP contribution in [0.3, 0.4) is 0 Å². The highest BCUT2D eigenvalue weighted by Crippen LogP contribution is 2.26. The van der Waals surface area contributed by atoms with Crippen molar-refractivity contribution in [3.05, 3.63) is 23.2 Å². The van der Waals surface area contributed by atoms with E-state index in [1.807, 2.05) is 7.05 Å². The predicted molar refractivity (Wildman–Crippen MR) is 78.8 cm³/mol. The Balaban J connectivity index is 2.40. The van der Waals surface area contributed by atoms with Gasteiger partial charge >= 0.3 is 0 Å². The molecule has 0 saturated heterocycles. The molecule has 1 aromatic carbocycles. The van der Waals surface area contributed by atoms with Gasteiger partial charge in [0.15, 0.2) is 0 Å². The number of amides is 1. The number of benzene rings is 1. The van der Waals surface area contributed by atoms with Gasteiger partial charge in [0, 0.05) is 18.0 Å². The molecule has 1 amide bonds. The van der Waals surface area contributed by atoms with Crippen LogP contribution in [0.1, 0.15) is 26.2 Å². The molecule has 0 aliphatic carbocycles. The smallest absolute Gasteiger partial charge is 0.225 e. The summed E-state index contributed by atoms with van der Waals surface area (Å²) >= 11 is 5.81. The van der Waals surface area contributed by atoms with Gasteiger partial charge in [0.25, 0.3) is 0 Å². The maximum absolute atomic E-state index is 11.8. The van der Waals surface area contributed by atoms with Crippen molar-refractivity contribution in [2.24, 2.45) is 0 Å². The molecule has 0 unspecified atom stereocenters. The Morgan fingerprint density at radius 3 is 2.84 bits per heavy atom. The van der Waals surface area contributed by atoms with E-state index in [2.05, 4.69) is 17.1 Å². The molecule has 1 aromatic rings. The standard InChI is InChI=1S/C14H21ClN2O2/c1-3-4-8-17(2)9-7-14(19)16-12-10-11(15)5-6-13(12)18/h5-6,10,18H,3-4,7-9H2,1-2H3,(H,16,19). The highest BCUT2D eigenvalue weighted by molar-refractivity contribution is 6.31. The number of carbonyl (C=O) groups excluding carboxylic acids is 1. The largest absolute Gasteiger partial charge is 0.506 e. The van der Waals surface area contributed by atoms with Gasteiger partial charge in [-0.15, -0.1) is 0 Å². The number of nitrogens with zero attached hydrogens (tertiary/aromatic N) is 1. The number of phenols is 1. The Hall–Kier alpha value is -1.26. The number of carbonyl (C=O) groups is 1. The summed E-state index contributed by atoms with van der Waals surface area (Å²) in [4.78, 5) is 13.9. The Morgan fingerprint density at radius 2 is 2.16 bits per heavy atom. The molecule has 0 atom stereocenters. The lowest BCUT2D eigenvalue weighted by Gasteiger charge is -2.15. The highest BCUT2D eigenvalue weighted by Gasteiger charge is 2.08. The third-order valence-electron chi connectivity index (χ3n) is 2.85. The Morgan fingerprint density at radius 1 is 1.42 bits per heavy atom. The van der Waals surface area contributed by atoms with E-state index in [4.69, 9.17) is 11.6 Å². The molecule has 0 aromatic heterocycles. The van der Waals surface area contributed by atoms with Crippen LogP contribution < -0.4 is 5.32 Å². The van der Waals surface area contributed by atoms with Crippen molar-refractivity contribution in [1.29, 1.82) is 0 Å². The molecule has 0 spiro atoms. The first kappa shape index (κ1) is 15.8. The average Bonchev–Trinajstić information content (AvgIpc) is 2.38. The molecule has 0 heterocycles. The lowest BCUT2D eigenvalue weighted by molar-refractivity contribution is -0.116. The number of unbranched alkanes of at least 4 members (excludes halogenated alkanes) is 1. The Bertz CT molecular complexity index is 424. The number of hydrogen-bond acceptors (Lipinski definition) is 3. The molecule has 4 nitrogen and oxygen atoms in total. The number of hydrogen-bond donors (Lipinski definition) is 2. The van der Waals surface area contributed by atoms with E-state index in [9.17, 15) is 9.90 Å². The van der Waals surface area contributed by atoms with Crippen molar-refractivity contribution in [3.63, 3.8) is 0 Å². The third kappa shape index (κ3) is 5.94. The highest BCUT2D eigenvalue weighted by atomic mass is 35.5. The quantitative estimate of drug-likeness (QED) is 0.757. The summed E-state index contributed by atoms with van der Waals surface area (Å²) in [5.74, 6) is -0.0991. The average molecular weight is 285 g/mol. The summed E-state index contributed by atoms with van der Waals surface area (Å²) in [6, 6.07) is 4.58. The molecule has 5 heteroatoms. The predicted octanol–water partition coefficient (Wildman–Crippen LogP) is 3.11. The Labute approximate surface area is 119 Å². The van der Waals surface area contributed by atoms with E-state index < -0.39 is 0 Å². The van der Waals surface area contributed by atoms with Crippen LogP contribution in [0.25, 0.3) is 0 Å². The van der Waals surface area contributed by atoms with E-state index in [1.54, 1.807) is 6.07 Å². The van der Waals surface area contributed by atoms with Crippen molar-refractivity contribution < 1.29 is 9.90 Å². The first-order valence-corrected chi connectivity index (χ1v) is 6.87. The number of phenolic OH excluding ortho intramolecular Hbond substituents is 1. The second-order valence-electron chi connectivity index (χ2n) is 4.62. The summed E-state index contributed by atoms with van der Waals surface area (Å²) in [7, 11) is 2.00. The normalized spacial score (nSPS) is 10.7. The van der Waals surface area contributed by atoms with Crippen LogP contribution in [0.5, 0.6) is 5.75 Å². The number of rotatable bonds is 7. The van der Waals surface area contributed by atoms with Crippen molar-refractivity contribution >= 4 is 23.2 Å². The van der Waals surface area contributed by atoms with Crippen LogP contribution in [-0.4, -0.2) is 36.1 Å². The van der Waals surface area contributed by atoms with E-state index in [0.29, 0.717) is 23.7 Å². The number of nitrogens with one attached hydrogen (secondary N) is 1. The first-order chi connectivity index (χ1) is 9.02. The summed E-state index contributed by atoms with van der Waals surface area (Å²) in [6.07, 6.45) is 2.67. The first-order valence-electron chi connectivity index (χ1n) is 6.50. The van der Waals surface area contributed by atoms with Gasteiger partial charge in [-0.1, -0.05) is 24.9 Å². The van der Waals surface area contributed by atoms with Crippen LogP contribution in [0.15, 0.2) is 18.2 Å². The fraction of sp³-hybridized carbons (Fsp3) is 0.500. The second-order valence-corrected chi connectivity index (χ2v) is 5.05. The fourth-order valence-corrected chi connectivity index (χ4v) is 1.83. The van der Waals surface area contributed by atoms with Gasteiger partial charge in [-0.05, 0) is 38.2 Å². The Kier molecular flexibility index (Phi) is 6.67. The van der Waals surface area contributed by atoms with Crippen molar-refractivity contribution in [1.82, 2.24) is 4.90 Å². The molecule has 19 heavy (non-hydrogen) atoms. The minimum absolute atomic E-state index is 0.0251.